The van der Waals surface area contributed by atoms with Gasteiger partial charge in [0.2, 0.25) is 17.6 Å². The third-order valence-electron chi connectivity index (χ3n) is 6.53. The second-order valence-corrected chi connectivity index (χ2v) is 10.7. The van der Waals surface area contributed by atoms with E-state index in [0.717, 1.165) is 16.5 Å². The number of aromatic nitrogens is 1. The fourth-order valence-corrected chi connectivity index (χ4v) is 4.50. The molecule has 0 aliphatic carbocycles. The van der Waals surface area contributed by atoms with E-state index in [4.69, 9.17) is 5.21 Å². The molecule has 0 saturated heterocycles. The predicted octanol–water partition coefficient (Wildman–Crippen LogP) is 3.35. The van der Waals surface area contributed by atoms with E-state index in [1.807, 2.05) is 57.2 Å². The molecule has 0 radical (unpaired) electrons. The standard InChI is InChI=1S/C29H36N4O6/c1-17(34)30-20-12-7-9-18(15-20)10-8-13-21(24(35)28(38)33-39)27(37)32-26(29(2,3)4)25(36)23-16-19-11-5-6-14-22(19)31-23/h5-7,9,11-12,14-16,21,24,26,31,35,39H,8,10,13H2,1-4H3,(H,30,34)(H,32,37)(H,33,38)/t21-,24-,26+/m0/s1. The Kier molecular flexibility index (Phi) is 9.61. The fraction of sp³-hybridized carbons (Fsp3) is 0.379. The second kappa shape index (κ2) is 12.7. The minimum atomic E-state index is -1.83. The summed E-state index contributed by atoms with van der Waals surface area (Å²) in [6.45, 7) is 6.85. The number of aryl methyl sites for hydroxylation is 1. The molecule has 0 saturated carbocycles. The fourth-order valence-electron chi connectivity index (χ4n) is 4.50. The molecule has 3 aromatic rings. The predicted molar refractivity (Wildman–Crippen MR) is 147 cm³/mol. The van der Waals surface area contributed by atoms with E-state index in [9.17, 15) is 24.3 Å². The van der Waals surface area contributed by atoms with Gasteiger partial charge in [0.05, 0.1) is 17.7 Å². The maximum atomic E-state index is 13.5. The first kappa shape index (κ1) is 29.5. The highest BCUT2D eigenvalue weighted by Gasteiger charge is 2.38. The number of hydroxylamine groups is 1. The number of amides is 3. The van der Waals surface area contributed by atoms with Gasteiger partial charge in [0, 0.05) is 23.5 Å². The van der Waals surface area contributed by atoms with Crippen molar-refractivity contribution in [1.82, 2.24) is 15.8 Å². The molecule has 3 atom stereocenters. The van der Waals surface area contributed by atoms with E-state index in [1.165, 1.54) is 12.4 Å². The molecule has 0 unspecified atom stereocenters. The normalized spacial score (nSPS) is 13.8. The summed E-state index contributed by atoms with van der Waals surface area (Å²) in [5.74, 6) is -3.55. The van der Waals surface area contributed by atoms with Crippen LogP contribution in [0.1, 0.15) is 56.6 Å². The van der Waals surface area contributed by atoms with Gasteiger partial charge in [0.1, 0.15) is 6.10 Å². The van der Waals surface area contributed by atoms with Crippen molar-refractivity contribution in [3.63, 3.8) is 0 Å². The summed E-state index contributed by atoms with van der Waals surface area (Å²) in [4.78, 5) is 53.5. The van der Waals surface area contributed by atoms with Crippen LogP contribution in [0.3, 0.4) is 0 Å². The molecule has 6 N–H and O–H groups in total. The van der Waals surface area contributed by atoms with E-state index in [1.54, 1.807) is 18.2 Å². The quantitative estimate of drug-likeness (QED) is 0.125. The number of aromatic amines is 1. The molecule has 0 aliphatic heterocycles. The molecule has 3 rings (SSSR count). The Morgan fingerprint density at radius 2 is 1.69 bits per heavy atom. The lowest BCUT2D eigenvalue weighted by atomic mass is 9.82. The molecule has 39 heavy (non-hydrogen) atoms. The number of rotatable bonds is 11. The van der Waals surface area contributed by atoms with Crippen LogP contribution in [-0.2, 0) is 20.8 Å². The van der Waals surface area contributed by atoms with Crippen LogP contribution in [0.2, 0.25) is 0 Å². The molecule has 208 valence electrons. The first-order valence-corrected chi connectivity index (χ1v) is 12.8. The first-order chi connectivity index (χ1) is 18.4. The zero-order valence-electron chi connectivity index (χ0n) is 22.6. The number of hydrogen-bond donors (Lipinski definition) is 6. The molecule has 0 aliphatic rings. The number of aliphatic hydroxyl groups excluding tert-OH is 1. The zero-order chi connectivity index (χ0) is 28.7. The van der Waals surface area contributed by atoms with Crippen molar-refractivity contribution in [2.45, 2.75) is 59.1 Å². The summed E-state index contributed by atoms with van der Waals surface area (Å²) in [7, 11) is 0. The van der Waals surface area contributed by atoms with Gasteiger partial charge in [-0.3, -0.25) is 24.4 Å². The number of hydrogen-bond acceptors (Lipinski definition) is 6. The van der Waals surface area contributed by atoms with Crippen LogP contribution in [0.4, 0.5) is 5.69 Å². The summed E-state index contributed by atoms with van der Waals surface area (Å²) in [5.41, 5.74) is 3.36. The lowest BCUT2D eigenvalue weighted by Crippen LogP contribution is -2.53. The van der Waals surface area contributed by atoms with Crippen LogP contribution in [0.15, 0.2) is 54.6 Å². The maximum absolute atomic E-state index is 13.5. The number of carbonyl (C=O) groups excluding carboxylic acids is 4. The molecule has 10 heteroatoms. The molecular formula is C29H36N4O6. The molecule has 1 aromatic heterocycles. The Hall–Kier alpha value is -4.02. The van der Waals surface area contributed by atoms with E-state index < -0.39 is 35.3 Å². The van der Waals surface area contributed by atoms with Crippen LogP contribution >= 0.6 is 0 Å². The summed E-state index contributed by atoms with van der Waals surface area (Å²) >= 11 is 0. The third-order valence-corrected chi connectivity index (χ3v) is 6.53. The lowest BCUT2D eigenvalue weighted by Gasteiger charge is -2.32. The minimum absolute atomic E-state index is 0.0994. The average Bonchev–Trinajstić information content (AvgIpc) is 3.32. The summed E-state index contributed by atoms with van der Waals surface area (Å²) in [6, 6.07) is 15.4. The van der Waals surface area contributed by atoms with Crippen molar-refractivity contribution in [2.75, 3.05) is 5.32 Å². The highest BCUT2D eigenvalue weighted by atomic mass is 16.5. The SMILES string of the molecule is CC(=O)Nc1cccc(CCC[C@H](C(=O)N[C@H](C(=O)c2cc3ccccc3[nH]2)C(C)(C)C)[C@H](O)C(=O)NO)c1. The Labute approximate surface area is 227 Å². The van der Waals surface area contributed by atoms with Crippen molar-refractivity contribution >= 4 is 40.1 Å². The Bertz CT molecular complexity index is 1310. The highest BCUT2D eigenvalue weighted by Crippen LogP contribution is 2.26. The van der Waals surface area contributed by atoms with Gasteiger partial charge in [-0.05, 0) is 54.5 Å². The number of benzene rings is 2. The van der Waals surface area contributed by atoms with Gasteiger partial charge >= 0.3 is 0 Å². The van der Waals surface area contributed by atoms with Gasteiger partial charge < -0.3 is 20.7 Å². The van der Waals surface area contributed by atoms with E-state index in [-0.39, 0.29) is 18.1 Å². The van der Waals surface area contributed by atoms with Crippen molar-refractivity contribution < 1.29 is 29.5 Å². The van der Waals surface area contributed by atoms with Crippen LogP contribution in [0, 0.1) is 11.3 Å². The summed E-state index contributed by atoms with van der Waals surface area (Å²) in [6.07, 6.45) is -0.818. The van der Waals surface area contributed by atoms with Gasteiger partial charge in [-0.25, -0.2) is 5.48 Å². The van der Waals surface area contributed by atoms with Crippen LogP contribution in [0.25, 0.3) is 10.9 Å². The number of Topliss-reactive ketones (excluding diaryl/α,β-unsaturated/α-hetero) is 1. The Balaban J connectivity index is 1.78. The first-order valence-electron chi connectivity index (χ1n) is 12.8. The molecule has 2 aromatic carbocycles. The van der Waals surface area contributed by atoms with E-state index in [0.29, 0.717) is 24.2 Å². The van der Waals surface area contributed by atoms with Crippen molar-refractivity contribution in [1.29, 1.82) is 0 Å². The number of carbonyl (C=O) groups is 4. The molecule has 10 nitrogen and oxygen atoms in total. The van der Waals surface area contributed by atoms with E-state index in [2.05, 4.69) is 15.6 Å². The molecule has 1 heterocycles. The van der Waals surface area contributed by atoms with Gasteiger partial charge in [-0.1, -0.05) is 51.1 Å². The number of para-hydroxylation sites is 1. The molecule has 0 bridgehead atoms. The number of H-pyrrole nitrogens is 1. The molecular weight excluding hydrogens is 500 g/mol. The second-order valence-electron chi connectivity index (χ2n) is 10.7. The average molecular weight is 537 g/mol. The lowest BCUT2D eigenvalue weighted by molar-refractivity contribution is -0.146. The van der Waals surface area contributed by atoms with Crippen LogP contribution < -0.4 is 16.1 Å². The van der Waals surface area contributed by atoms with Gasteiger partial charge in [0.15, 0.2) is 0 Å². The zero-order valence-corrected chi connectivity index (χ0v) is 22.6. The number of aliphatic hydroxyl groups is 1. The Morgan fingerprint density at radius 1 is 0.974 bits per heavy atom. The van der Waals surface area contributed by atoms with Gasteiger partial charge in [0.25, 0.3) is 5.91 Å². The number of anilines is 1. The maximum Gasteiger partial charge on any atom is 0.272 e. The summed E-state index contributed by atoms with van der Waals surface area (Å²) < 4.78 is 0. The molecule has 0 fully saturated rings. The number of nitrogens with one attached hydrogen (secondary N) is 4. The monoisotopic (exact) mass is 536 g/mol. The van der Waals surface area contributed by atoms with Gasteiger partial charge in [-0.15, -0.1) is 0 Å². The minimum Gasteiger partial charge on any atom is -0.382 e. The summed E-state index contributed by atoms with van der Waals surface area (Å²) in [5, 5.41) is 26.0. The number of ketones is 1. The van der Waals surface area contributed by atoms with Crippen molar-refractivity contribution in [3.05, 3.63) is 65.9 Å². The van der Waals surface area contributed by atoms with Crippen LogP contribution in [-0.4, -0.2) is 50.9 Å². The molecule has 3 amide bonds. The smallest absolute Gasteiger partial charge is 0.272 e. The largest absolute Gasteiger partial charge is 0.382 e. The van der Waals surface area contributed by atoms with E-state index >= 15 is 0 Å². The van der Waals surface area contributed by atoms with Crippen molar-refractivity contribution in [2.24, 2.45) is 11.3 Å². The van der Waals surface area contributed by atoms with Gasteiger partial charge in [-0.2, -0.15) is 0 Å². The topological polar surface area (TPSA) is 161 Å². The molecule has 0 spiro atoms. The van der Waals surface area contributed by atoms with Crippen molar-refractivity contribution in [3.8, 4) is 0 Å². The van der Waals surface area contributed by atoms with Crippen LogP contribution in [0.5, 0.6) is 0 Å². The third kappa shape index (κ3) is 7.75. The Morgan fingerprint density at radius 3 is 2.33 bits per heavy atom. The highest BCUT2D eigenvalue weighted by molar-refractivity contribution is 6.04. The number of fused-ring (bicyclic) bond motifs is 1.